The predicted octanol–water partition coefficient (Wildman–Crippen LogP) is 1.71. The molecule has 0 heterocycles. The third-order valence-corrected chi connectivity index (χ3v) is 3.89. The molecule has 1 atom stereocenters. The van der Waals surface area contributed by atoms with Gasteiger partial charge in [0.1, 0.15) is 0 Å². The highest BCUT2D eigenvalue weighted by Gasteiger charge is 2.35. The highest BCUT2D eigenvalue weighted by molar-refractivity contribution is 5.88. The predicted molar refractivity (Wildman–Crippen MR) is 93.1 cm³/mol. The van der Waals surface area contributed by atoms with E-state index in [1.165, 1.54) is 0 Å². The molecule has 25 heavy (non-hydrogen) atoms. The van der Waals surface area contributed by atoms with Crippen LogP contribution >= 0.6 is 0 Å². The second kappa shape index (κ2) is 8.20. The number of aliphatic carboxylic acids is 1. The van der Waals surface area contributed by atoms with Gasteiger partial charge in [-0.05, 0) is 52.3 Å². The van der Waals surface area contributed by atoms with E-state index in [2.05, 4.69) is 5.32 Å². The SMILES string of the molecule is CCOc1ccc(C(C)(C)C(=O)NCC(C)(O)C(=O)O)cc1OCC. The number of benzene rings is 1. The van der Waals surface area contributed by atoms with Gasteiger partial charge in [0.15, 0.2) is 17.1 Å². The summed E-state index contributed by atoms with van der Waals surface area (Å²) in [5.74, 6) is -0.663. The molecule has 0 aromatic heterocycles. The van der Waals surface area contributed by atoms with Crippen molar-refractivity contribution in [2.24, 2.45) is 0 Å². The molecule has 0 radical (unpaired) electrons. The number of aliphatic hydroxyl groups is 1. The smallest absolute Gasteiger partial charge is 0.337 e. The quantitative estimate of drug-likeness (QED) is 0.624. The lowest BCUT2D eigenvalue weighted by Crippen LogP contribution is -2.50. The number of hydrogen-bond donors (Lipinski definition) is 3. The molecule has 1 amide bonds. The molecule has 7 heteroatoms. The second-order valence-corrected chi connectivity index (χ2v) is 6.41. The zero-order valence-electron chi connectivity index (χ0n) is 15.4. The van der Waals surface area contributed by atoms with Gasteiger partial charge < -0.3 is 25.0 Å². The average Bonchev–Trinajstić information content (AvgIpc) is 2.54. The van der Waals surface area contributed by atoms with Gasteiger partial charge in [-0.15, -0.1) is 0 Å². The van der Waals surface area contributed by atoms with Crippen LogP contribution in [0.5, 0.6) is 11.5 Å². The Morgan fingerprint density at radius 2 is 1.64 bits per heavy atom. The summed E-state index contributed by atoms with van der Waals surface area (Å²) in [4.78, 5) is 23.5. The Kier molecular flexibility index (Phi) is 6.81. The van der Waals surface area contributed by atoms with Gasteiger partial charge in [-0.25, -0.2) is 4.79 Å². The van der Waals surface area contributed by atoms with Crippen LogP contribution in [-0.4, -0.2) is 47.4 Å². The molecule has 1 aromatic rings. The van der Waals surface area contributed by atoms with E-state index in [0.717, 1.165) is 6.92 Å². The molecule has 0 bridgehead atoms. The van der Waals surface area contributed by atoms with Gasteiger partial charge in [-0.2, -0.15) is 0 Å². The van der Waals surface area contributed by atoms with Crippen LogP contribution in [0.25, 0.3) is 0 Å². The fourth-order valence-corrected chi connectivity index (χ4v) is 2.12. The average molecular weight is 353 g/mol. The van der Waals surface area contributed by atoms with Crippen LogP contribution in [0.1, 0.15) is 40.2 Å². The van der Waals surface area contributed by atoms with Crippen molar-refractivity contribution in [3.8, 4) is 11.5 Å². The summed E-state index contributed by atoms with van der Waals surface area (Å²) in [5.41, 5.74) is -2.29. The maximum Gasteiger partial charge on any atom is 0.337 e. The lowest BCUT2D eigenvalue weighted by Gasteiger charge is -2.27. The Morgan fingerprint density at radius 3 is 2.16 bits per heavy atom. The van der Waals surface area contributed by atoms with Crippen molar-refractivity contribution in [1.82, 2.24) is 5.32 Å². The van der Waals surface area contributed by atoms with Crippen molar-refractivity contribution < 1.29 is 29.3 Å². The number of ether oxygens (including phenoxy) is 2. The number of carbonyl (C=O) groups is 2. The number of amides is 1. The first-order valence-electron chi connectivity index (χ1n) is 8.20. The molecule has 7 nitrogen and oxygen atoms in total. The van der Waals surface area contributed by atoms with E-state index in [1.807, 2.05) is 13.8 Å². The molecule has 1 unspecified atom stereocenters. The third kappa shape index (κ3) is 5.09. The van der Waals surface area contributed by atoms with Crippen LogP contribution in [-0.2, 0) is 15.0 Å². The first-order valence-corrected chi connectivity index (χ1v) is 8.20. The van der Waals surface area contributed by atoms with Crippen molar-refractivity contribution >= 4 is 11.9 Å². The van der Waals surface area contributed by atoms with Gasteiger partial charge in [-0.1, -0.05) is 6.07 Å². The zero-order chi connectivity index (χ0) is 19.3. The highest BCUT2D eigenvalue weighted by atomic mass is 16.5. The largest absolute Gasteiger partial charge is 0.490 e. The number of carboxylic acids is 1. The van der Waals surface area contributed by atoms with Crippen molar-refractivity contribution in [3.05, 3.63) is 23.8 Å². The third-order valence-electron chi connectivity index (χ3n) is 3.89. The van der Waals surface area contributed by atoms with Gasteiger partial charge in [0.25, 0.3) is 0 Å². The van der Waals surface area contributed by atoms with E-state index < -0.39 is 22.9 Å². The Balaban J connectivity index is 3.01. The summed E-state index contributed by atoms with van der Waals surface area (Å²) >= 11 is 0. The van der Waals surface area contributed by atoms with Crippen LogP contribution in [0.4, 0.5) is 0 Å². The molecule has 140 valence electrons. The van der Waals surface area contributed by atoms with Crippen LogP contribution in [0.15, 0.2) is 18.2 Å². The lowest BCUT2D eigenvalue weighted by molar-refractivity contribution is -0.156. The molecule has 1 rings (SSSR count). The van der Waals surface area contributed by atoms with Crippen LogP contribution in [0, 0.1) is 0 Å². The molecule has 0 saturated carbocycles. The Bertz CT molecular complexity index is 624. The van der Waals surface area contributed by atoms with E-state index in [4.69, 9.17) is 14.6 Å². The van der Waals surface area contributed by atoms with Crippen molar-refractivity contribution in [2.75, 3.05) is 19.8 Å². The van der Waals surface area contributed by atoms with E-state index in [-0.39, 0.29) is 6.54 Å². The van der Waals surface area contributed by atoms with Crippen LogP contribution in [0.2, 0.25) is 0 Å². The summed E-state index contributed by atoms with van der Waals surface area (Å²) in [6, 6.07) is 5.25. The second-order valence-electron chi connectivity index (χ2n) is 6.41. The van der Waals surface area contributed by atoms with Gasteiger partial charge in [0.2, 0.25) is 5.91 Å². The van der Waals surface area contributed by atoms with E-state index in [1.54, 1.807) is 32.0 Å². The number of rotatable bonds is 9. The van der Waals surface area contributed by atoms with E-state index in [9.17, 15) is 14.7 Å². The van der Waals surface area contributed by atoms with Gasteiger partial charge in [-0.3, -0.25) is 4.79 Å². The maximum absolute atomic E-state index is 12.5. The van der Waals surface area contributed by atoms with Gasteiger partial charge >= 0.3 is 5.97 Å². The normalized spacial score (nSPS) is 13.7. The Morgan fingerprint density at radius 1 is 1.08 bits per heavy atom. The molecule has 0 aliphatic carbocycles. The summed E-state index contributed by atoms with van der Waals surface area (Å²) in [7, 11) is 0. The minimum absolute atomic E-state index is 0.389. The number of carboxylic acid groups (broad SMARTS) is 1. The van der Waals surface area contributed by atoms with Crippen LogP contribution < -0.4 is 14.8 Å². The van der Waals surface area contributed by atoms with Gasteiger partial charge in [0, 0.05) is 0 Å². The van der Waals surface area contributed by atoms with Crippen molar-refractivity contribution in [1.29, 1.82) is 0 Å². The number of nitrogens with one attached hydrogen (secondary N) is 1. The van der Waals surface area contributed by atoms with Crippen molar-refractivity contribution in [3.63, 3.8) is 0 Å². The fraction of sp³-hybridized carbons (Fsp3) is 0.556. The zero-order valence-corrected chi connectivity index (χ0v) is 15.4. The molecule has 0 aliphatic rings. The first kappa shape index (κ1) is 20.8. The topological polar surface area (TPSA) is 105 Å². The summed E-state index contributed by atoms with van der Waals surface area (Å²) in [6.07, 6.45) is 0. The highest BCUT2D eigenvalue weighted by Crippen LogP contribution is 2.34. The summed E-state index contributed by atoms with van der Waals surface area (Å²) < 4.78 is 11.1. The van der Waals surface area contributed by atoms with Crippen LogP contribution in [0.3, 0.4) is 0 Å². The molecule has 1 aromatic carbocycles. The summed E-state index contributed by atoms with van der Waals surface area (Å²) in [6.45, 7) is 8.84. The molecular formula is C18H27NO6. The molecule has 0 aliphatic heterocycles. The minimum atomic E-state index is -2.03. The summed E-state index contributed by atoms with van der Waals surface area (Å²) in [5, 5.41) is 21.1. The van der Waals surface area contributed by atoms with E-state index >= 15 is 0 Å². The Labute approximate surface area is 147 Å². The van der Waals surface area contributed by atoms with Gasteiger partial charge in [0.05, 0.1) is 25.2 Å². The minimum Gasteiger partial charge on any atom is -0.490 e. The monoisotopic (exact) mass is 353 g/mol. The number of hydrogen-bond acceptors (Lipinski definition) is 5. The first-order chi connectivity index (χ1) is 11.6. The molecular weight excluding hydrogens is 326 g/mol. The molecule has 0 fully saturated rings. The molecule has 0 spiro atoms. The number of carbonyl (C=O) groups excluding carboxylic acids is 1. The Hall–Kier alpha value is -2.28. The molecule has 0 saturated heterocycles. The maximum atomic E-state index is 12.5. The van der Waals surface area contributed by atoms with E-state index in [0.29, 0.717) is 30.3 Å². The fourth-order valence-electron chi connectivity index (χ4n) is 2.12. The van der Waals surface area contributed by atoms with Crippen molar-refractivity contribution in [2.45, 2.75) is 45.6 Å². The lowest BCUT2D eigenvalue weighted by atomic mass is 9.83. The standard InChI is InChI=1S/C18H27NO6/c1-6-24-13-9-8-12(10-14(13)25-7-2)17(3,4)15(20)19-11-18(5,23)16(21)22/h8-10,23H,6-7,11H2,1-5H3,(H,19,20)(H,21,22). The molecule has 3 N–H and O–H groups in total.